The average Bonchev–Trinajstić information content (AvgIpc) is 3.91. The standard InChI is InChI=1S/C53H35NO/c1-6-18-36(19-7-1)39-30-33-48-45(34-39)43-28-16-17-29-47(43)54(48)42-31-32-44-46(35-42)53(40-24-12-4-13-25-40,41-26-14-5-15-27-41)52-50(44)49(37-20-8-2-9-21-37)51(55-52)38-22-10-3-11-23-38/h1-35H. The van der Waals surface area contributed by atoms with Gasteiger partial charge in [0.05, 0.1) is 11.0 Å². The molecule has 0 unspecified atom stereocenters. The zero-order valence-corrected chi connectivity index (χ0v) is 30.1. The second kappa shape index (κ2) is 12.5. The van der Waals surface area contributed by atoms with E-state index in [0.29, 0.717) is 0 Å². The van der Waals surface area contributed by atoms with Crippen LogP contribution in [-0.4, -0.2) is 4.57 Å². The van der Waals surface area contributed by atoms with Crippen molar-refractivity contribution in [3.8, 4) is 50.4 Å². The van der Waals surface area contributed by atoms with Crippen LogP contribution in [0.1, 0.15) is 22.5 Å². The zero-order chi connectivity index (χ0) is 36.3. The number of rotatable bonds is 6. The summed E-state index contributed by atoms with van der Waals surface area (Å²) in [6.45, 7) is 0. The maximum absolute atomic E-state index is 7.42. The molecule has 0 amide bonds. The predicted molar refractivity (Wildman–Crippen MR) is 227 cm³/mol. The smallest absolute Gasteiger partial charge is 0.142 e. The predicted octanol–water partition coefficient (Wildman–Crippen LogP) is 13.7. The van der Waals surface area contributed by atoms with Gasteiger partial charge in [-0.25, -0.2) is 0 Å². The van der Waals surface area contributed by atoms with Gasteiger partial charge in [0.1, 0.15) is 16.9 Å². The molecule has 0 N–H and O–H groups in total. The summed E-state index contributed by atoms with van der Waals surface area (Å²) in [6.07, 6.45) is 0. The van der Waals surface area contributed by atoms with Gasteiger partial charge >= 0.3 is 0 Å². The van der Waals surface area contributed by atoms with Crippen LogP contribution >= 0.6 is 0 Å². The maximum atomic E-state index is 7.42. The highest BCUT2D eigenvalue weighted by atomic mass is 16.3. The number of benzene rings is 8. The highest BCUT2D eigenvalue weighted by Crippen LogP contribution is 2.61. The summed E-state index contributed by atoms with van der Waals surface area (Å²) in [6, 6.07) is 76.5. The Balaban J connectivity index is 1.25. The first-order valence-electron chi connectivity index (χ1n) is 18.9. The van der Waals surface area contributed by atoms with Crippen LogP contribution < -0.4 is 0 Å². The van der Waals surface area contributed by atoms with Gasteiger partial charge in [0.15, 0.2) is 0 Å². The van der Waals surface area contributed by atoms with E-state index in [9.17, 15) is 0 Å². The Hall–Kier alpha value is -7.16. The Kier molecular flexibility index (Phi) is 7.11. The molecule has 0 radical (unpaired) electrons. The van der Waals surface area contributed by atoms with Crippen LogP contribution in [0.15, 0.2) is 217 Å². The summed E-state index contributed by atoms with van der Waals surface area (Å²) in [5.74, 6) is 1.84. The van der Waals surface area contributed by atoms with Crippen molar-refractivity contribution in [1.82, 2.24) is 4.57 Å². The lowest BCUT2D eigenvalue weighted by atomic mass is 9.70. The largest absolute Gasteiger partial charge is 0.458 e. The first-order chi connectivity index (χ1) is 27.3. The van der Waals surface area contributed by atoms with Crippen LogP contribution in [0.25, 0.3) is 72.2 Å². The molecule has 1 aliphatic rings. The van der Waals surface area contributed by atoms with Gasteiger partial charge in [-0.15, -0.1) is 0 Å². The van der Waals surface area contributed by atoms with Crippen LogP contribution in [-0.2, 0) is 5.41 Å². The molecule has 0 bridgehead atoms. The molecule has 0 aliphatic heterocycles. The summed E-state index contributed by atoms with van der Waals surface area (Å²) >= 11 is 0. The molecule has 2 nitrogen and oxygen atoms in total. The molecule has 0 atom stereocenters. The van der Waals surface area contributed by atoms with Crippen molar-refractivity contribution in [3.05, 3.63) is 235 Å². The molecule has 0 saturated carbocycles. The van der Waals surface area contributed by atoms with Crippen LogP contribution in [0.5, 0.6) is 0 Å². The van der Waals surface area contributed by atoms with Gasteiger partial charge in [-0.05, 0) is 69.3 Å². The van der Waals surface area contributed by atoms with Crippen molar-refractivity contribution < 1.29 is 4.42 Å². The fourth-order valence-corrected chi connectivity index (χ4v) is 9.12. The lowest BCUT2D eigenvalue weighted by Crippen LogP contribution is -2.28. The van der Waals surface area contributed by atoms with E-state index in [2.05, 4.69) is 217 Å². The lowest BCUT2D eigenvalue weighted by Gasteiger charge is -2.32. The van der Waals surface area contributed by atoms with Crippen molar-refractivity contribution in [2.24, 2.45) is 0 Å². The van der Waals surface area contributed by atoms with Crippen molar-refractivity contribution in [2.75, 3.05) is 0 Å². The molecule has 8 aromatic carbocycles. The molecule has 0 fully saturated rings. The summed E-state index contributed by atoms with van der Waals surface area (Å²) in [5.41, 5.74) is 14.4. The number of hydrogen-bond acceptors (Lipinski definition) is 1. The van der Waals surface area contributed by atoms with E-state index in [1.165, 1.54) is 55.2 Å². The van der Waals surface area contributed by atoms with E-state index in [-0.39, 0.29) is 0 Å². The fraction of sp³-hybridized carbons (Fsp3) is 0.0189. The molecule has 55 heavy (non-hydrogen) atoms. The summed E-state index contributed by atoms with van der Waals surface area (Å²) < 4.78 is 9.86. The highest BCUT2D eigenvalue weighted by Gasteiger charge is 2.51. The third kappa shape index (κ3) is 4.68. The first-order valence-corrected chi connectivity index (χ1v) is 18.9. The topological polar surface area (TPSA) is 18.1 Å². The minimum Gasteiger partial charge on any atom is -0.458 e. The average molecular weight is 702 g/mol. The van der Waals surface area contributed by atoms with Crippen molar-refractivity contribution >= 4 is 21.8 Å². The lowest BCUT2D eigenvalue weighted by molar-refractivity contribution is 0.481. The highest BCUT2D eigenvalue weighted by molar-refractivity contribution is 6.10. The van der Waals surface area contributed by atoms with E-state index in [1.54, 1.807) is 0 Å². The maximum Gasteiger partial charge on any atom is 0.142 e. The fourth-order valence-electron chi connectivity index (χ4n) is 9.12. The molecule has 2 heteroatoms. The second-order valence-corrected chi connectivity index (χ2v) is 14.4. The number of nitrogens with zero attached hydrogens (tertiary/aromatic N) is 1. The number of aromatic nitrogens is 1. The molecule has 0 saturated heterocycles. The van der Waals surface area contributed by atoms with Gasteiger partial charge in [0.25, 0.3) is 0 Å². The number of para-hydroxylation sites is 1. The first kappa shape index (κ1) is 31.4. The SMILES string of the molecule is c1ccc(-c2ccc3c(c2)c2ccccc2n3-c2ccc3c(c2)C(c2ccccc2)(c2ccccc2)c2oc(-c4ccccc4)c(-c4ccccc4)c2-3)cc1. The zero-order valence-electron chi connectivity index (χ0n) is 30.1. The van der Waals surface area contributed by atoms with E-state index < -0.39 is 5.41 Å². The molecule has 2 aromatic heterocycles. The van der Waals surface area contributed by atoms with Crippen LogP contribution in [0, 0.1) is 0 Å². The summed E-state index contributed by atoms with van der Waals surface area (Å²) in [4.78, 5) is 0. The molecule has 10 aromatic rings. The molecule has 2 heterocycles. The van der Waals surface area contributed by atoms with E-state index in [0.717, 1.165) is 39.5 Å². The van der Waals surface area contributed by atoms with E-state index in [1.807, 2.05) is 0 Å². The van der Waals surface area contributed by atoms with Gasteiger partial charge in [-0.3, -0.25) is 0 Å². The molecule has 258 valence electrons. The monoisotopic (exact) mass is 701 g/mol. The Labute approximate surface area is 320 Å². The molecule has 1 aliphatic carbocycles. The van der Waals surface area contributed by atoms with Crippen LogP contribution in [0.4, 0.5) is 0 Å². The Morgan fingerprint density at radius 3 is 1.58 bits per heavy atom. The normalized spacial score (nSPS) is 12.9. The Morgan fingerprint density at radius 2 is 0.927 bits per heavy atom. The third-order valence-corrected chi connectivity index (χ3v) is 11.5. The van der Waals surface area contributed by atoms with Gasteiger partial charge in [-0.1, -0.05) is 182 Å². The minimum atomic E-state index is -0.723. The van der Waals surface area contributed by atoms with E-state index in [4.69, 9.17) is 4.42 Å². The van der Waals surface area contributed by atoms with E-state index >= 15 is 0 Å². The molecular weight excluding hydrogens is 667 g/mol. The van der Waals surface area contributed by atoms with Crippen LogP contribution in [0.2, 0.25) is 0 Å². The van der Waals surface area contributed by atoms with Crippen LogP contribution in [0.3, 0.4) is 0 Å². The molecular formula is C53H35NO. The van der Waals surface area contributed by atoms with Gasteiger partial charge in [0, 0.05) is 33.2 Å². The number of hydrogen-bond donors (Lipinski definition) is 0. The molecule has 0 spiro atoms. The third-order valence-electron chi connectivity index (χ3n) is 11.5. The number of furan rings is 1. The van der Waals surface area contributed by atoms with Crippen molar-refractivity contribution in [1.29, 1.82) is 0 Å². The van der Waals surface area contributed by atoms with Gasteiger partial charge in [0.2, 0.25) is 0 Å². The van der Waals surface area contributed by atoms with Gasteiger partial charge < -0.3 is 8.98 Å². The second-order valence-electron chi connectivity index (χ2n) is 14.4. The Morgan fingerprint density at radius 1 is 0.382 bits per heavy atom. The van der Waals surface area contributed by atoms with Crippen molar-refractivity contribution in [2.45, 2.75) is 5.41 Å². The number of fused-ring (bicyclic) bond motifs is 6. The van der Waals surface area contributed by atoms with Gasteiger partial charge in [-0.2, -0.15) is 0 Å². The summed E-state index contributed by atoms with van der Waals surface area (Å²) in [5, 5.41) is 2.47. The quantitative estimate of drug-likeness (QED) is 0.169. The summed E-state index contributed by atoms with van der Waals surface area (Å²) in [7, 11) is 0. The van der Waals surface area contributed by atoms with Crippen molar-refractivity contribution in [3.63, 3.8) is 0 Å². The Bertz CT molecular complexity index is 2960. The minimum absolute atomic E-state index is 0.723. The molecule has 11 rings (SSSR count).